The molecule has 13 heteroatoms. The minimum absolute atomic E-state index is 0. The summed E-state index contributed by atoms with van der Waals surface area (Å²) >= 11 is 5.25. The number of thiazole rings is 2. The van der Waals surface area contributed by atoms with Crippen LogP contribution in [0.25, 0.3) is 27.5 Å². The smallest absolute Gasteiger partial charge is 0.657 e. The summed E-state index contributed by atoms with van der Waals surface area (Å²) in [5, 5.41) is 18.0. The van der Waals surface area contributed by atoms with Gasteiger partial charge in [-0.05, 0) is 10.8 Å². The maximum Gasteiger partial charge on any atom is 2.00 e. The van der Waals surface area contributed by atoms with Crippen molar-refractivity contribution in [1.82, 2.24) is 9.97 Å². The fraction of sp³-hybridized carbons (Fsp3) is 0.111. The Hall–Kier alpha value is -2.05. The number of nitrogens with zero attached hydrogens (tertiary/aromatic N) is 4. The summed E-state index contributed by atoms with van der Waals surface area (Å²) in [5.74, 6) is -1.01. The second kappa shape index (κ2) is 10.5. The summed E-state index contributed by atoms with van der Waals surface area (Å²) in [6.45, 7) is 0. The van der Waals surface area contributed by atoms with Crippen molar-refractivity contribution in [1.29, 1.82) is 0 Å². The monoisotopic (exact) mass is 534 g/mol. The summed E-state index contributed by atoms with van der Waals surface area (Å²) in [7, 11) is 2.64. The zero-order valence-corrected chi connectivity index (χ0v) is 20.1. The fourth-order valence-electron chi connectivity index (χ4n) is 2.44. The van der Waals surface area contributed by atoms with Gasteiger partial charge in [0.15, 0.2) is 0 Å². The van der Waals surface area contributed by atoms with Crippen molar-refractivity contribution in [3.05, 3.63) is 70.4 Å². The molecule has 0 aliphatic carbocycles. The molecule has 2 aliphatic rings. The van der Waals surface area contributed by atoms with Gasteiger partial charge in [0.05, 0.1) is 31.1 Å². The summed E-state index contributed by atoms with van der Waals surface area (Å²) < 4.78 is 9.81. The molecule has 0 spiro atoms. The van der Waals surface area contributed by atoms with Crippen molar-refractivity contribution in [3.63, 3.8) is 0 Å². The Morgan fingerprint density at radius 1 is 1.00 bits per heavy atom. The zero-order valence-electron chi connectivity index (χ0n) is 15.8. The Labute approximate surface area is 204 Å². The third-order valence-corrected chi connectivity index (χ3v) is 7.07. The topological polar surface area (TPSA) is 107 Å². The summed E-state index contributed by atoms with van der Waals surface area (Å²) in [5.41, 5.74) is 1.78. The molecule has 0 fully saturated rings. The van der Waals surface area contributed by atoms with E-state index in [0.717, 1.165) is 0 Å². The largest absolute Gasteiger partial charge is 2.00 e. The Kier molecular flexibility index (Phi) is 8.01. The van der Waals surface area contributed by atoms with E-state index in [0.29, 0.717) is 42.6 Å². The molecule has 0 atom stereocenters. The molecule has 0 saturated carbocycles. The van der Waals surface area contributed by atoms with Crippen LogP contribution < -0.4 is 0 Å². The van der Waals surface area contributed by atoms with Crippen molar-refractivity contribution in [3.8, 4) is 0 Å². The van der Waals surface area contributed by atoms with Gasteiger partial charge in [-0.25, -0.2) is 19.6 Å². The van der Waals surface area contributed by atoms with Gasteiger partial charge in [0.1, 0.15) is 10.0 Å². The Bertz CT molecular complexity index is 1110. The first kappa shape index (κ1) is 23.6. The van der Waals surface area contributed by atoms with Gasteiger partial charge < -0.3 is 20.1 Å². The van der Waals surface area contributed by atoms with Gasteiger partial charge >= 0.3 is 28.4 Å². The molecule has 4 heterocycles. The van der Waals surface area contributed by atoms with E-state index in [1.807, 2.05) is 0 Å². The first-order valence-electron chi connectivity index (χ1n) is 8.24. The van der Waals surface area contributed by atoms with Crippen LogP contribution >= 0.6 is 46.2 Å². The SMILES string of the molecule is COC(=O)/C(=C1/[N-]C=CS1)c1nc(C2=CS/C(=C(\C(=O)OC)c3nccs3)[N-]2)cs1.[Ni+2]. The van der Waals surface area contributed by atoms with Crippen LogP contribution in [-0.2, 0) is 35.6 Å². The number of carbonyl (C=O) groups is 2. The molecule has 4 rings (SSSR count). The van der Waals surface area contributed by atoms with Crippen LogP contribution in [0.2, 0.25) is 0 Å². The molecule has 0 radical (unpaired) electrons. The predicted octanol–water partition coefficient (Wildman–Crippen LogP) is 4.99. The molecule has 162 valence electrons. The van der Waals surface area contributed by atoms with Crippen molar-refractivity contribution in [2.75, 3.05) is 14.2 Å². The average Bonchev–Trinajstić information content (AvgIpc) is 3.56. The fourth-order valence-corrected chi connectivity index (χ4v) is 5.60. The molecule has 2 aromatic rings. The number of hydrogen-bond donors (Lipinski definition) is 0. The zero-order chi connectivity index (χ0) is 21.1. The van der Waals surface area contributed by atoms with E-state index < -0.39 is 11.9 Å². The number of thioether (sulfide) groups is 2. The molecule has 8 nitrogen and oxygen atoms in total. The molecule has 0 aromatic carbocycles. The van der Waals surface area contributed by atoms with Crippen LogP contribution in [0, 0.1) is 0 Å². The number of methoxy groups -OCH3 is 2. The first-order chi connectivity index (χ1) is 14.6. The Morgan fingerprint density at radius 2 is 1.74 bits per heavy atom. The molecule has 0 bridgehead atoms. The summed E-state index contributed by atoms with van der Waals surface area (Å²) in [6, 6.07) is 0. The predicted molar refractivity (Wildman–Crippen MR) is 121 cm³/mol. The summed E-state index contributed by atoms with van der Waals surface area (Å²) in [4.78, 5) is 33.3. The molecule has 2 aliphatic heterocycles. The third-order valence-electron chi connectivity index (χ3n) is 3.77. The number of aromatic nitrogens is 2. The van der Waals surface area contributed by atoms with Crippen LogP contribution in [0.4, 0.5) is 0 Å². The van der Waals surface area contributed by atoms with Gasteiger partial charge in [-0.3, -0.25) is 0 Å². The first-order valence-corrected chi connectivity index (χ1v) is 11.8. The van der Waals surface area contributed by atoms with Crippen LogP contribution in [0.15, 0.2) is 44.0 Å². The Balaban J connectivity index is 0.00000272. The van der Waals surface area contributed by atoms with Crippen molar-refractivity contribution >= 4 is 75.0 Å². The molecule has 0 amide bonds. The molecule has 0 saturated heterocycles. The quantitative estimate of drug-likeness (QED) is 0.300. The van der Waals surface area contributed by atoms with Crippen molar-refractivity contribution < 1.29 is 35.6 Å². The molecule has 0 N–H and O–H groups in total. The Morgan fingerprint density at radius 3 is 2.35 bits per heavy atom. The number of ether oxygens (including phenoxy) is 2. The third kappa shape index (κ3) is 4.91. The number of esters is 2. The van der Waals surface area contributed by atoms with Gasteiger partial charge in [-0.2, -0.15) is 6.20 Å². The normalized spacial score (nSPS) is 17.8. The second-order valence-electron chi connectivity index (χ2n) is 5.48. The van der Waals surface area contributed by atoms with Gasteiger partial charge in [0, 0.05) is 17.0 Å². The summed E-state index contributed by atoms with van der Waals surface area (Å²) in [6.07, 6.45) is 3.24. The van der Waals surface area contributed by atoms with Crippen LogP contribution in [0.1, 0.15) is 15.7 Å². The van der Waals surface area contributed by atoms with Gasteiger partial charge in [0.2, 0.25) is 0 Å². The maximum absolute atomic E-state index is 12.3. The van der Waals surface area contributed by atoms with E-state index in [1.165, 1.54) is 60.4 Å². The van der Waals surface area contributed by atoms with Crippen LogP contribution in [-0.4, -0.2) is 36.1 Å². The number of hydrogen-bond acceptors (Lipinski definition) is 10. The average molecular weight is 535 g/mol. The van der Waals surface area contributed by atoms with E-state index >= 15 is 0 Å². The van der Waals surface area contributed by atoms with E-state index in [2.05, 4.69) is 20.6 Å². The molecule has 2 aromatic heterocycles. The minimum Gasteiger partial charge on any atom is -0.657 e. The minimum atomic E-state index is -0.505. The van der Waals surface area contributed by atoms with E-state index in [-0.39, 0.29) is 16.5 Å². The van der Waals surface area contributed by atoms with E-state index in [9.17, 15) is 9.59 Å². The second-order valence-corrected chi connectivity index (χ2v) is 8.99. The van der Waals surface area contributed by atoms with E-state index in [1.54, 1.807) is 34.0 Å². The molecule has 0 unspecified atom stereocenters. The molecule has 31 heavy (non-hydrogen) atoms. The van der Waals surface area contributed by atoms with Gasteiger partial charge in [-0.15, -0.1) is 51.9 Å². The maximum atomic E-state index is 12.3. The van der Waals surface area contributed by atoms with Crippen LogP contribution in [0.5, 0.6) is 0 Å². The molecular formula is C18H12N4NiO4S4. The van der Waals surface area contributed by atoms with Gasteiger partial charge in [-0.1, -0.05) is 10.1 Å². The van der Waals surface area contributed by atoms with Crippen molar-refractivity contribution in [2.24, 2.45) is 0 Å². The van der Waals surface area contributed by atoms with Crippen LogP contribution in [0.3, 0.4) is 0 Å². The number of rotatable bonds is 5. The standard InChI is InChI=1S/C18H14N4O4S4.Ni/c1-25-17(23)11(13-19-3-5-27-13)15-21-9(7-29-15)10-8-30-16(22-10)12(18(24)26-2)14-20-4-6-28-14;/h3-8H,1-2H3,(H2,19,20,21,22,23,24);/q;+2/p-2. The molecular weight excluding hydrogens is 523 g/mol. The van der Waals surface area contributed by atoms with Gasteiger partial charge in [0.25, 0.3) is 0 Å². The van der Waals surface area contributed by atoms with Crippen molar-refractivity contribution in [2.45, 2.75) is 0 Å². The van der Waals surface area contributed by atoms with E-state index in [4.69, 9.17) is 9.47 Å². The number of carbonyl (C=O) groups excluding carboxylic acids is 2.